The Labute approximate surface area is 216 Å². The number of ether oxygens (including phenoxy) is 1. The zero-order valence-corrected chi connectivity index (χ0v) is 20.2. The van der Waals surface area contributed by atoms with E-state index >= 15 is 0 Å². The van der Waals surface area contributed by atoms with Gasteiger partial charge < -0.3 is 19.8 Å². The molecule has 11 heteroatoms. The van der Waals surface area contributed by atoms with Gasteiger partial charge in [0.1, 0.15) is 6.04 Å². The molecule has 1 fully saturated rings. The summed E-state index contributed by atoms with van der Waals surface area (Å²) in [4.78, 5) is 40.4. The molecule has 2 aromatic carbocycles. The summed E-state index contributed by atoms with van der Waals surface area (Å²) in [6.45, 7) is 0.160. The van der Waals surface area contributed by atoms with Crippen molar-refractivity contribution in [1.29, 1.82) is 0 Å². The van der Waals surface area contributed by atoms with E-state index < -0.39 is 42.0 Å². The lowest BCUT2D eigenvalue weighted by molar-refractivity contribution is -0.137. The van der Waals surface area contributed by atoms with Gasteiger partial charge in [0.15, 0.2) is 5.76 Å². The summed E-state index contributed by atoms with van der Waals surface area (Å²) in [6.07, 6.45) is -1.98. The van der Waals surface area contributed by atoms with Gasteiger partial charge in [-0.3, -0.25) is 19.3 Å². The maximum Gasteiger partial charge on any atom is 0.416 e. The summed E-state index contributed by atoms with van der Waals surface area (Å²) >= 11 is 0. The first kappa shape index (κ1) is 26.9. The zero-order valence-electron chi connectivity index (χ0n) is 20.2. The van der Waals surface area contributed by atoms with E-state index in [0.717, 1.165) is 35.9 Å². The fourth-order valence-electron chi connectivity index (χ4n) is 4.17. The molecule has 4 rings (SSSR count). The number of alkyl halides is 3. The van der Waals surface area contributed by atoms with Crippen molar-refractivity contribution in [3.63, 3.8) is 0 Å². The number of anilines is 1. The minimum atomic E-state index is -4.68. The van der Waals surface area contributed by atoms with Crippen molar-refractivity contribution in [2.75, 3.05) is 24.6 Å². The van der Waals surface area contributed by atoms with Crippen LogP contribution in [-0.4, -0.2) is 43.5 Å². The normalized spacial score (nSPS) is 16.0. The third-order valence-corrected chi connectivity index (χ3v) is 6.02. The Balaban J connectivity index is 1.69. The standard InChI is InChI=1S/C27H26F3N3O5/c28-27(29,30)19-9-4-10-20(15-19)33(23(34)17-32-25(35)22-12-6-14-38-22)24(18-7-2-1-3-8-18)26(36)31-16-21-11-5-13-37-21/h1-4,6-10,12,14-15,21,24H,5,11,13,16-17H2,(H,31,36)(H,32,35)/t21-,24+/m0/s1. The summed E-state index contributed by atoms with van der Waals surface area (Å²) < 4.78 is 51.2. The first-order chi connectivity index (χ1) is 18.2. The van der Waals surface area contributed by atoms with Gasteiger partial charge in [-0.15, -0.1) is 0 Å². The smallest absolute Gasteiger partial charge is 0.416 e. The highest BCUT2D eigenvalue weighted by atomic mass is 19.4. The van der Waals surface area contributed by atoms with Crippen LogP contribution >= 0.6 is 0 Å². The van der Waals surface area contributed by atoms with Crippen molar-refractivity contribution in [1.82, 2.24) is 10.6 Å². The maximum absolute atomic E-state index is 13.6. The number of amides is 3. The Morgan fingerprint density at radius 2 is 1.79 bits per heavy atom. The minimum absolute atomic E-state index is 0.0441. The van der Waals surface area contributed by atoms with Crippen LogP contribution in [0.2, 0.25) is 0 Å². The lowest BCUT2D eigenvalue weighted by atomic mass is 10.0. The Bertz CT molecular complexity index is 1240. The van der Waals surface area contributed by atoms with Gasteiger partial charge in [-0.1, -0.05) is 36.4 Å². The molecule has 3 amide bonds. The molecule has 1 aliphatic rings. The van der Waals surface area contributed by atoms with E-state index in [-0.39, 0.29) is 24.1 Å². The number of nitrogens with one attached hydrogen (secondary N) is 2. The second-order valence-electron chi connectivity index (χ2n) is 8.67. The van der Waals surface area contributed by atoms with Gasteiger partial charge in [-0.05, 0) is 48.7 Å². The second-order valence-corrected chi connectivity index (χ2v) is 8.67. The van der Waals surface area contributed by atoms with Crippen LogP contribution in [0.15, 0.2) is 77.4 Å². The number of nitrogens with zero attached hydrogens (tertiary/aromatic N) is 1. The van der Waals surface area contributed by atoms with Gasteiger partial charge >= 0.3 is 6.18 Å². The van der Waals surface area contributed by atoms with Crippen LogP contribution < -0.4 is 15.5 Å². The zero-order chi connectivity index (χ0) is 27.1. The van der Waals surface area contributed by atoms with E-state index in [1.807, 2.05) is 0 Å². The monoisotopic (exact) mass is 529 g/mol. The van der Waals surface area contributed by atoms with Crippen LogP contribution in [0.5, 0.6) is 0 Å². The first-order valence-corrected chi connectivity index (χ1v) is 12.0. The largest absolute Gasteiger partial charge is 0.459 e. The highest BCUT2D eigenvalue weighted by molar-refractivity contribution is 6.04. The van der Waals surface area contributed by atoms with Crippen LogP contribution in [-0.2, 0) is 20.5 Å². The minimum Gasteiger partial charge on any atom is -0.459 e. The molecule has 1 aliphatic heterocycles. The average molecular weight is 530 g/mol. The van der Waals surface area contributed by atoms with Gasteiger partial charge in [0.05, 0.1) is 24.5 Å². The number of hydrogen-bond acceptors (Lipinski definition) is 5. The summed E-state index contributed by atoms with van der Waals surface area (Å²) in [5.74, 6) is -2.14. The fraction of sp³-hybridized carbons (Fsp3) is 0.296. The number of carbonyl (C=O) groups excluding carboxylic acids is 3. The summed E-state index contributed by atoms with van der Waals surface area (Å²) in [7, 11) is 0. The average Bonchev–Trinajstić information content (AvgIpc) is 3.64. The molecule has 1 aromatic heterocycles. The molecule has 0 unspecified atom stereocenters. The fourth-order valence-corrected chi connectivity index (χ4v) is 4.17. The van der Waals surface area contributed by atoms with Gasteiger partial charge in [0.2, 0.25) is 11.8 Å². The molecule has 1 saturated heterocycles. The van der Waals surface area contributed by atoms with Crippen molar-refractivity contribution >= 4 is 23.4 Å². The van der Waals surface area contributed by atoms with E-state index in [2.05, 4.69) is 10.6 Å². The lowest BCUT2D eigenvalue weighted by Crippen LogP contribution is -2.48. The Morgan fingerprint density at radius 3 is 2.45 bits per heavy atom. The van der Waals surface area contributed by atoms with E-state index in [4.69, 9.17) is 9.15 Å². The number of benzene rings is 2. The van der Waals surface area contributed by atoms with Crippen molar-refractivity contribution in [2.45, 2.75) is 31.2 Å². The summed E-state index contributed by atoms with van der Waals surface area (Å²) in [5.41, 5.74) is -0.766. The molecule has 2 heterocycles. The van der Waals surface area contributed by atoms with Gasteiger partial charge in [0.25, 0.3) is 5.91 Å². The van der Waals surface area contributed by atoms with E-state index in [1.165, 1.54) is 24.5 Å². The molecule has 38 heavy (non-hydrogen) atoms. The van der Waals surface area contributed by atoms with Gasteiger partial charge in [0, 0.05) is 18.8 Å². The van der Waals surface area contributed by atoms with Crippen molar-refractivity contribution in [3.8, 4) is 0 Å². The van der Waals surface area contributed by atoms with Crippen LogP contribution in [0.25, 0.3) is 0 Å². The number of furan rings is 1. The predicted octanol–water partition coefficient (Wildman–Crippen LogP) is 4.10. The van der Waals surface area contributed by atoms with Crippen molar-refractivity contribution in [2.24, 2.45) is 0 Å². The molecule has 2 N–H and O–H groups in total. The summed E-state index contributed by atoms with van der Waals surface area (Å²) in [6, 6.07) is 13.9. The van der Waals surface area contributed by atoms with Crippen LogP contribution in [0.3, 0.4) is 0 Å². The molecule has 0 saturated carbocycles. The highest BCUT2D eigenvalue weighted by Crippen LogP contribution is 2.34. The number of halogens is 3. The third-order valence-electron chi connectivity index (χ3n) is 6.02. The highest BCUT2D eigenvalue weighted by Gasteiger charge is 2.36. The second kappa shape index (κ2) is 12.0. The first-order valence-electron chi connectivity index (χ1n) is 12.0. The van der Waals surface area contributed by atoms with Gasteiger partial charge in [-0.25, -0.2) is 0 Å². The Hall–Kier alpha value is -4.12. The molecule has 8 nitrogen and oxygen atoms in total. The third kappa shape index (κ3) is 6.60. The molecule has 200 valence electrons. The van der Waals surface area contributed by atoms with E-state index in [9.17, 15) is 27.6 Å². The van der Waals surface area contributed by atoms with Crippen molar-refractivity contribution < 1.29 is 36.7 Å². The molecule has 3 aromatic rings. The maximum atomic E-state index is 13.6. The Morgan fingerprint density at radius 1 is 1.00 bits per heavy atom. The molecular weight excluding hydrogens is 503 g/mol. The van der Waals surface area contributed by atoms with Crippen LogP contribution in [0.4, 0.5) is 18.9 Å². The van der Waals surface area contributed by atoms with Crippen LogP contribution in [0.1, 0.15) is 40.6 Å². The van der Waals surface area contributed by atoms with Crippen molar-refractivity contribution in [3.05, 3.63) is 89.9 Å². The van der Waals surface area contributed by atoms with E-state index in [1.54, 1.807) is 30.3 Å². The molecule has 0 radical (unpaired) electrons. The lowest BCUT2D eigenvalue weighted by Gasteiger charge is -2.32. The van der Waals surface area contributed by atoms with Gasteiger partial charge in [-0.2, -0.15) is 13.2 Å². The van der Waals surface area contributed by atoms with E-state index in [0.29, 0.717) is 12.2 Å². The Kier molecular flexibility index (Phi) is 8.47. The molecular formula is C27H26F3N3O5. The molecule has 0 bridgehead atoms. The molecule has 0 spiro atoms. The predicted molar refractivity (Wildman–Crippen MR) is 131 cm³/mol. The molecule has 0 aliphatic carbocycles. The topological polar surface area (TPSA) is 101 Å². The quantitative estimate of drug-likeness (QED) is 0.435. The number of hydrogen-bond donors (Lipinski definition) is 2. The van der Waals surface area contributed by atoms with Crippen LogP contribution in [0, 0.1) is 0 Å². The summed E-state index contributed by atoms with van der Waals surface area (Å²) in [5, 5.41) is 5.18. The number of rotatable bonds is 9. The molecule has 2 atom stereocenters. The number of carbonyl (C=O) groups is 3. The SMILES string of the molecule is O=C(NCC(=O)N(c1cccc(C(F)(F)F)c1)[C@@H](C(=O)NC[C@@H]1CCCO1)c1ccccc1)c1ccco1.